The van der Waals surface area contributed by atoms with Crippen LogP contribution in [-0.4, -0.2) is 30.3 Å². The number of benzene rings is 1. The summed E-state index contributed by atoms with van der Waals surface area (Å²) in [4.78, 5) is 14.2. The topological polar surface area (TPSA) is 71.6 Å². The fourth-order valence-corrected chi connectivity index (χ4v) is 1.77. The van der Waals surface area contributed by atoms with E-state index in [4.69, 9.17) is 4.74 Å². The van der Waals surface area contributed by atoms with Gasteiger partial charge in [0.1, 0.15) is 17.2 Å². The molecule has 1 aromatic heterocycles. The Morgan fingerprint density at radius 1 is 1.35 bits per heavy atom. The number of H-pyrrole nitrogens is 1. The van der Waals surface area contributed by atoms with Gasteiger partial charge in [0.25, 0.3) is 0 Å². The zero-order chi connectivity index (χ0) is 12.6. The van der Waals surface area contributed by atoms with Crippen LogP contribution in [-0.2, 0) is 4.74 Å². The van der Waals surface area contributed by atoms with Gasteiger partial charge >= 0.3 is 5.97 Å². The van der Waals surface area contributed by atoms with Crippen molar-refractivity contribution in [1.29, 1.82) is 0 Å². The average Bonchev–Trinajstić information content (AvgIpc) is 2.76. The van der Waals surface area contributed by atoms with E-state index in [2.05, 4.69) is 9.72 Å². The highest BCUT2D eigenvalue weighted by Gasteiger charge is 2.15. The first kappa shape index (κ1) is 11.3. The van der Waals surface area contributed by atoms with Gasteiger partial charge in [-0.25, -0.2) is 4.79 Å². The van der Waals surface area contributed by atoms with Crippen LogP contribution >= 0.6 is 0 Å². The molecule has 0 saturated heterocycles. The van der Waals surface area contributed by atoms with E-state index in [0.717, 1.165) is 0 Å². The fraction of sp³-hybridized carbons (Fsp3) is 0.250. The first-order chi connectivity index (χ1) is 8.08. The Hall–Kier alpha value is -2.17. The summed E-state index contributed by atoms with van der Waals surface area (Å²) in [6.07, 6.45) is 0. The smallest absolute Gasteiger partial charge is 0.354 e. The van der Waals surface area contributed by atoms with Gasteiger partial charge in [0.2, 0.25) is 0 Å². The molecule has 0 amide bonds. The molecule has 0 radical (unpaired) electrons. The summed E-state index contributed by atoms with van der Waals surface area (Å²) in [5.41, 5.74) is 1.56. The molecule has 2 rings (SSSR count). The minimum Gasteiger partial charge on any atom is -0.507 e. The van der Waals surface area contributed by atoms with Gasteiger partial charge in [0.05, 0.1) is 19.7 Å². The molecule has 0 atom stereocenters. The molecule has 0 bridgehead atoms. The predicted octanol–water partition coefficient (Wildman–Crippen LogP) is 1.98. The molecule has 5 nitrogen and oxygen atoms in total. The number of hydrogen-bond donors (Lipinski definition) is 2. The third kappa shape index (κ3) is 1.69. The SMILES string of the molecule is COC(=O)c1cc2c(O)c(C)c(OC)cc2[nH]1. The van der Waals surface area contributed by atoms with Crippen molar-refractivity contribution in [2.75, 3.05) is 14.2 Å². The maximum atomic E-state index is 11.4. The Bertz CT molecular complexity index is 586. The first-order valence-electron chi connectivity index (χ1n) is 5.06. The van der Waals surface area contributed by atoms with E-state index < -0.39 is 5.97 Å². The largest absolute Gasteiger partial charge is 0.507 e. The van der Waals surface area contributed by atoms with Crippen molar-refractivity contribution in [2.45, 2.75) is 6.92 Å². The van der Waals surface area contributed by atoms with Gasteiger partial charge < -0.3 is 19.6 Å². The van der Waals surface area contributed by atoms with Crippen LogP contribution in [0.5, 0.6) is 11.5 Å². The normalized spacial score (nSPS) is 10.5. The summed E-state index contributed by atoms with van der Waals surface area (Å²) in [7, 11) is 2.83. The van der Waals surface area contributed by atoms with Gasteiger partial charge in [-0.05, 0) is 13.0 Å². The maximum Gasteiger partial charge on any atom is 0.354 e. The summed E-state index contributed by atoms with van der Waals surface area (Å²) < 4.78 is 9.74. The third-order valence-corrected chi connectivity index (χ3v) is 2.73. The summed E-state index contributed by atoms with van der Waals surface area (Å²) >= 11 is 0. The fourth-order valence-electron chi connectivity index (χ4n) is 1.77. The molecule has 0 fully saturated rings. The molecule has 1 aromatic carbocycles. The quantitative estimate of drug-likeness (QED) is 0.781. The van der Waals surface area contributed by atoms with E-state index in [1.54, 1.807) is 19.1 Å². The molecule has 90 valence electrons. The van der Waals surface area contributed by atoms with Crippen molar-refractivity contribution >= 4 is 16.9 Å². The second kappa shape index (κ2) is 4.01. The minimum absolute atomic E-state index is 0.103. The monoisotopic (exact) mass is 235 g/mol. The Balaban J connectivity index is 2.69. The number of rotatable bonds is 2. The molecule has 2 aromatic rings. The number of esters is 1. The second-order valence-electron chi connectivity index (χ2n) is 3.69. The molecule has 0 spiro atoms. The zero-order valence-electron chi connectivity index (χ0n) is 9.83. The van der Waals surface area contributed by atoms with Gasteiger partial charge in [-0.15, -0.1) is 0 Å². The number of carbonyl (C=O) groups excluding carboxylic acids is 1. The number of carbonyl (C=O) groups is 1. The molecule has 0 unspecified atom stereocenters. The van der Waals surface area contributed by atoms with Crippen molar-refractivity contribution in [1.82, 2.24) is 4.98 Å². The van der Waals surface area contributed by atoms with E-state index in [9.17, 15) is 9.90 Å². The lowest BCUT2D eigenvalue weighted by molar-refractivity contribution is 0.0595. The van der Waals surface area contributed by atoms with E-state index >= 15 is 0 Å². The molecular weight excluding hydrogens is 222 g/mol. The van der Waals surface area contributed by atoms with Crippen molar-refractivity contribution in [3.63, 3.8) is 0 Å². The molecule has 17 heavy (non-hydrogen) atoms. The summed E-state index contributed by atoms with van der Waals surface area (Å²) in [5.74, 6) is 0.191. The number of fused-ring (bicyclic) bond motifs is 1. The summed E-state index contributed by atoms with van der Waals surface area (Å²) in [5, 5.41) is 10.6. The number of hydrogen-bond acceptors (Lipinski definition) is 4. The number of nitrogens with one attached hydrogen (secondary N) is 1. The standard InChI is InChI=1S/C12H13NO4/c1-6-10(16-2)5-8-7(11(6)14)4-9(13-8)12(15)17-3/h4-5,13-14H,1-3H3. The number of phenols is 1. The van der Waals surface area contributed by atoms with Gasteiger partial charge in [-0.3, -0.25) is 0 Å². The number of phenolic OH excluding ortho intramolecular Hbond substituents is 1. The van der Waals surface area contributed by atoms with E-state index in [-0.39, 0.29) is 5.75 Å². The van der Waals surface area contributed by atoms with Crippen LogP contribution in [0.3, 0.4) is 0 Å². The van der Waals surface area contributed by atoms with Gasteiger partial charge in [-0.1, -0.05) is 0 Å². The average molecular weight is 235 g/mol. The lowest BCUT2D eigenvalue weighted by Crippen LogP contribution is -2.00. The van der Waals surface area contributed by atoms with Gasteiger partial charge in [0, 0.05) is 17.0 Å². The highest BCUT2D eigenvalue weighted by molar-refractivity contribution is 5.98. The lowest BCUT2D eigenvalue weighted by atomic mass is 10.1. The van der Waals surface area contributed by atoms with Crippen molar-refractivity contribution in [3.05, 3.63) is 23.4 Å². The Morgan fingerprint density at radius 2 is 2.06 bits per heavy atom. The van der Waals surface area contributed by atoms with Crippen LogP contribution in [0.25, 0.3) is 10.9 Å². The van der Waals surface area contributed by atoms with Gasteiger partial charge in [0.15, 0.2) is 0 Å². The number of aromatic hydroxyl groups is 1. The third-order valence-electron chi connectivity index (χ3n) is 2.73. The molecular formula is C12H13NO4. The molecule has 1 heterocycles. The molecule has 0 saturated carbocycles. The summed E-state index contributed by atoms with van der Waals surface area (Å²) in [6, 6.07) is 3.29. The van der Waals surface area contributed by atoms with Crippen LogP contribution in [0, 0.1) is 6.92 Å². The first-order valence-corrected chi connectivity index (χ1v) is 5.06. The van der Waals surface area contributed by atoms with E-state index in [1.165, 1.54) is 14.2 Å². The van der Waals surface area contributed by atoms with Gasteiger partial charge in [-0.2, -0.15) is 0 Å². The second-order valence-corrected chi connectivity index (χ2v) is 3.69. The zero-order valence-corrected chi connectivity index (χ0v) is 9.83. The van der Waals surface area contributed by atoms with Crippen LogP contribution in [0.2, 0.25) is 0 Å². The highest BCUT2D eigenvalue weighted by Crippen LogP contribution is 2.35. The van der Waals surface area contributed by atoms with Crippen LogP contribution in [0.15, 0.2) is 12.1 Å². The number of ether oxygens (including phenoxy) is 2. The molecule has 0 aliphatic carbocycles. The van der Waals surface area contributed by atoms with E-state index in [0.29, 0.717) is 27.9 Å². The van der Waals surface area contributed by atoms with E-state index in [1.807, 2.05) is 0 Å². The number of aromatic nitrogens is 1. The molecule has 0 aliphatic rings. The highest BCUT2D eigenvalue weighted by atomic mass is 16.5. The van der Waals surface area contributed by atoms with Crippen LogP contribution in [0.1, 0.15) is 16.1 Å². The Labute approximate surface area is 98.0 Å². The predicted molar refractivity (Wildman–Crippen MR) is 62.6 cm³/mol. The van der Waals surface area contributed by atoms with Crippen LogP contribution < -0.4 is 4.74 Å². The maximum absolute atomic E-state index is 11.4. The Kier molecular flexibility index (Phi) is 2.67. The van der Waals surface area contributed by atoms with Crippen molar-refractivity contribution < 1.29 is 19.4 Å². The van der Waals surface area contributed by atoms with Crippen LogP contribution in [0.4, 0.5) is 0 Å². The van der Waals surface area contributed by atoms with Crippen molar-refractivity contribution in [3.8, 4) is 11.5 Å². The number of aromatic amines is 1. The molecule has 5 heteroatoms. The summed E-state index contributed by atoms with van der Waals surface area (Å²) in [6.45, 7) is 1.75. The Morgan fingerprint density at radius 3 is 2.65 bits per heavy atom. The lowest BCUT2D eigenvalue weighted by Gasteiger charge is -2.06. The minimum atomic E-state index is -0.475. The molecule has 2 N–H and O–H groups in total. The number of methoxy groups -OCH3 is 2. The van der Waals surface area contributed by atoms with Crippen molar-refractivity contribution in [2.24, 2.45) is 0 Å². The molecule has 0 aliphatic heterocycles.